The van der Waals surface area contributed by atoms with Gasteiger partial charge in [-0.3, -0.25) is 9.67 Å². The fourth-order valence-electron chi connectivity index (χ4n) is 2.47. The van der Waals surface area contributed by atoms with Crippen molar-refractivity contribution in [2.75, 3.05) is 0 Å². The summed E-state index contributed by atoms with van der Waals surface area (Å²) in [6.07, 6.45) is 1.88. The van der Waals surface area contributed by atoms with Gasteiger partial charge in [0, 0.05) is 29.6 Å². The van der Waals surface area contributed by atoms with Crippen LogP contribution in [0.4, 0.5) is 0 Å². The van der Waals surface area contributed by atoms with Crippen LogP contribution in [0, 0.1) is 6.92 Å². The summed E-state index contributed by atoms with van der Waals surface area (Å²) >= 11 is 0. The van der Waals surface area contributed by atoms with Gasteiger partial charge in [-0.05, 0) is 39.9 Å². The third-order valence-corrected chi connectivity index (χ3v) is 4.47. The standard InChI is InChI=1S/C17H25N3OSi/c1-12(15-9-7-8-10-17(15)21-22(5)6)19-13(2)16-11-18-20(4)14(16)3/h7-12,22H,1-6H3. The molecule has 0 aliphatic rings. The van der Waals surface area contributed by atoms with E-state index in [2.05, 4.69) is 38.1 Å². The molecule has 1 aromatic carbocycles. The number of aryl methyl sites for hydroxylation is 1. The van der Waals surface area contributed by atoms with Gasteiger partial charge in [-0.15, -0.1) is 0 Å². The Bertz CT molecular complexity index is 676. The number of benzene rings is 1. The van der Waals surface area contributed by atoms with E-state index in [-0.39, 0.29) is 6.04 Å². The Balaban J connectivity index is 2.30. The minimum atomic E-state index is -1.13. The molecule has 1 heterocycles. The molecular weight excluding hydrogens is 290 g/mol. The molecule has 0 bridgehead atoms. The highest BCUT2D eigenvalue weighted by Gasteiger charge is 2.13. The first-order valence-electron chi connectivity index (χ1n) is 7.69. The maximum atomic E-state index is 6.03. The largest absolute Gasteiger partial charge is 0.547 e. The number of hydrogen-bond donors (Lipinski definition) is 0. The van der Waals surface area contributed by atoms with E-state index in [1.807, 2.05) is 43.0 Å². The lowest BCUT2D eigenvalue weighted by Gasteiger charge is -2.17. The van der Waals surface area contributed by atoms with E-state index in [4.69, 9.17) is 9.42 Å². The molecule has 0 spiro atoms. The molecule has 0 aliphatic heterocycles. The first kappa shape index (κ1) is 16.5. The van der Waals surface area contributed by atoms with E-state index in [9.17, 15) is 0 Å². The average molecular weight is 315 g/mol. The van der Waals surface area contributed by atoms with Crippen molar-refractivity contribution in [2.24, 2.45) is 12.0 Å². The zero-order chi connectivity index (χ0) is 16.3. The first-order valence-corrected chi connectivity index (χ1v) is 10.5. The SMILES string of the molecule is CC(=NC(C)c1ccccc1O[SiH](C)C)c1cnn(C)c1C. The molecule has 0 fully saturated rings. The monoisotopic (exact) mass is 315 g/mol. The Morgan fingerprint density at radius 2 is 2.00 bits per heavy atom. The molecule has 0 radical (unpaired) electrons. The van der Waals surface area contributed by atoms with E-state index < -0.39 is 9.04 Å². The fraction of sp³-hybridized carbons (Fsp3) is 0.412. The molecular formula is C17H25N3OSi. The van der Waals surface area contributed by atoms with Gasteiger partial charge in [0.1, 0.15) is 5.75 Å². The van der Waals surface area contributed by atoms with Crippen LogP contribution in [-0.2, 0) is 7.05 Å². The smallest absolute Gasteiger partial charge is 0.229 e. The summed E-state index contributed by atoms with van der Waals surface area (Å²) in [6.45, 7) is 10.6. The van der Waals surface area contributed by atoms with Gasteiger partial charge < -0.3 is 4.43 Å². The zero-order valence-corrected chi connectivity index (χ0v) is 15.4. The van der Waals surface area contributed by atoms with E-state index in [1.54, 1.807) is 0 Å². The zero-order valence-electron chi connectivity index (χ0n) is 14.3. The van der Waals surface area contributed by atoms with Crippen LogP contribution < -0.4 is 4.43 Å². The van der Waals surface area contributed by atoms with Crippen molar-refractivity contribution in [1.29, 1.82) is 0 Å². The van der Waals surface area contributed by atoms with Crippen molar-refractivity contribution >= 4 is 14.8 Å². The summed E-state index contributed by atoms with van der Waals surface area (Å²) < 4.78 is 7.91. The molecule has 1 atom stereocenters. The van der Waals surface area contributed by atoms with E-state index in [0.29, 0.717) is 0 Å². The second-order valence-electron chi connectivity index (χ2n) is 5.86. The summed E-state index contributed by atoms with van der Waals surface area (Å²) in [5, 5.41) is 4.29. The number of aliphatic imine (C=N–C) groups is 1. The maximum Gasteiger partial charge on any atom is 0.229 e. The molecule has 118 valence electrons. The van der Waals surface area contributed by atoms with Crippen LogP contribution in [-0.4, -0.2) is 24.5 Å². The van der Waals surface area contributed by atoms with Gasteiger partial charge >= 0.3 is 0 Å². The van der Waals surface area contributed by atoms with Gasteiger partial charge in [0.2, 0.25) is 9.04 Å². The maximum absolute atomic E-state index is 6.03. The number of aromatic nitrogens is 2. The van der Waals surface area contributed by atoms with Gasteiger partial charge in [0.15, 0.2) is 0 Å². The summed E-state index contributed by atoms with van der Waals surface area (Å²) in [4.78, 5) is 4.86. The van der Waals surface area contributed by atoms with E-state index >= 15 is 0 Å². The number of nitrogens with zero attached hydrogens (tertiary/aromatic N) is 3. The molecule has 1 aromatic heterocycles. The summed E-state index contributed by atoms with van der Waals surface area (Å²) in [5.74, 6) is 0.969. The van der Waals surface area contributed by atoms with Crippen LogP contribution in [0.2, 0.25) is 13.1 Å². The number of hydrogen-bond acceptors (Lipinski definition) is 3. The summed E-state index contributed by atoms with van der Waals surface area (Å²) in [5.41, 5.74) is 4.39. The van der Waals surface area contributed by atoms with Crippen LogP contribution in [0.5, 0.6) is 5.75 Å². The van der Waals surface area contributed by atoms with Gasteiger partial charge in [0.25, 0.3) is 0 Å². The van der Waals surface area contributed by atoms with Crippen LogP contribution in [0.25, 0.3) is 0 Å². The quantitative estimate of drug-likeness (QED) is 0.624. The molecule has 0 N–H and O–H groups in total. The minimum Gasteiger partial charge on any atom is -0.547 e. The van der Waals surface area contributed by atoms with Crippen molar-refractivity contribution in [1.82, 2.24) is 9.78 Å². The van der Waals surface area contributed by atoms with Gasteiger partial charge in [-0.1, -0.05) is 18.2 Å². The highest BCUT2D eigenvalue weighted by atomic mass is 28.3. The lowest BCUT2D eigenvalue weighted by molar-refractivity contribution is 0.563. The Kier molecular flexibility index (Phi) is 5.18. The fourth-order valence-corrected chi connectivity index (χ4v) is 3.19. The molecule has 0 aliphatic carbocycles. The predicted molar refractivity (Wildman–Crippen MR) is 94.5 cm³/mol. The summed E-state index contributed by atoms with van der Waals surface area (Å²) in [6, 6.07) is 8.26. The molecule has 0 saturated carbocycles. The van der Waals surface area contributed by atoms with E-state index in [0.717, 1.165) is 28.3 Å². The Morgan fingerprint density at radius 3 is 2.59 bits per heavy atom. The van der Waals surface area contributed by atoms with E-state index in [1.165, 1.54) is 0 Å². The van der Waals surface area contributed by atoms with Crippen molar-refractivity contribution in [3.8, 4) is 5.75 Å². The van der Waals surface area contributed by atoms with Crippen LogP contribution in [0.1, 0.15) is 36.7 Å². The van der Waals surface area contributed by atoms with Crippen molar-refractivity contribution in [2.45, 2.75) is 39.9 Å². The lowest BCUT2D eigenvalue weighted by atomic mass is 10.1. The molecule has 5 heteroatoms. The molecule has 0 saturated heterocycles. The normalized spacial score (nSPS) is 13.5. The molecule has 0 amide bonds. The third-order valence-electron chi connectivity index (χ3n) is 3.74. The molecule has 2 rings (SSSR count). The highest BCUT2D eigenvalue weighted by Crippen LogP contribution is 2.28. The van der Waals surface area contributed by atoms with Crippen LogP contribution in [0.3, 0.4) is 0 Å². The van der Waals surface area contributed by atoms with Crippen LogP contribution in [0.15, 0.2) is 35.5 Å². The minimum absolute atomic E-state index is 0.0588. The van der Waals surface area contributed by atoms with Crippen LogP contribution >= 0.6 is 0 Å². The lowest BCUT2D eigenvalue weighted by Crippen LogP contribution is -2.13. The van der Waals surface area contributed by atoms with Gasteiger partial charge in [-0.2, -0.15) is 5.10 Å². The van der Waals surface area contributed by atoms with Crippen molar-refractivity contribution in [3.05, 3.63) is 47.3 Å². The second-order valence-corrected chi connectivity index (χ2v) is 8.20. The molecule has 1 unspecified atom stereocenters. The van der Waals surface area contributed by atoms with Crippen molar-refractivity contribution < 1.29 is 4.43 Å². The second kappa shape index (κ2) is 6.92. The Morgan fingerprint density at radius 1 is 1.32 bits per heavy atom. The van der Waals surface area contributed by atoms with Gasteiger partial charge in [0.05, 0.1) is 12.2 Å². The predicted octanol–water partition coefficient (Wildman–Crippen LogP) is 3.66. The highest BCUT2D eigenvalue weighted by molar-refractivity contribution is 6.49. The van der Waals surface area contributed by atoms with Crippen molar-refractivity contribution in [3.63, 3.8) is 0 Å². The Labute approximate surface area is 134 Å². The molecule has 4 nitrogen and oxygen atoms in total. The summed E-state index contributed by atoms with van der Waals surface area (Å²) in [7, 11) is 0.822. The number of rotatable bonds is 5. The van der Waals surface area contributed by atoms with Gasteiger partial charge in [-0.25, -0.2) is 0 Å². The molecule has 22 heavy (non-hydrogen) atoms. The third kappa shape index (κ3) is 3.65. The number of para-hydroxylation sites is 1. The molecule has 2 aromatic rings. The topological polar surface area (TPSA) is 39.4 Å². The first-order chi connectivity index (χ1) is 10.4. The average Bonchev–Trinajstić information content (AvgIpc) is 2.79. The Hall–Kier alpha value is -1.88.